The van der Waals surface area contributed by atoms with E-state index in [9.17, 15) is 22.8 Å². The van der Waals surface area contributed by atoms with Crippen LogP contribution in [0.1, 0.15) is 48.5 Å². The highest BCUT2D eigenvalue weighted by Gasteiger charge is 2.33. The van der Waals surface area contributed by atoms with E-state index < -0.39 is 11.7 Å². The minimum atomic E-state index is -4.39. The van der Waals surface area contributed by atoms with Crippen molar-refractivity contribution in [1.82, 2.24) is 9.80 Å². The second-order valence-electron chi connectivity index (χ2n) is 7.51. The minimum absolute atomic E-state index is 0.0744. The summed E-state index contributed by atoms with van der Waals surface area (Å²) in [6, 6.07) is 4.89. The van der Waals surface area contributed by atoms with Crippen LogP contribution in [0.5, 0.6) is 0 Å². The van der Waals surface area contributed by atoms with E-state index >= 15 is 0 Å². The molecule has 1 atom stereocenters. The highest BCUT2D eigenvalue weighted by Crippen LogP contribution is 2.30. The molecule has 0 aliphatic carbocycles. The van der Waals surface area contributed by atoms with Gasteiger partial charge in [0.2, 0.25) is 5.91 Å². The van der Waals surface area contributed by atoms with Gasteiger partial charge in [-0.25, -0.2) is 0 Å². The smallest absolute Gasteiger partial charge is 0.343 e. The van der Waals surface area contributed by atoms with Crippen molar-refractivity contribution in [2.75, 3.05) is 26.2 Å². The van der Waals surface area contributed by atoms with E-state index in [0.717, 1.165) is 57.5 Å². The van der Waals surface area contributed by atoms with E-state index in [4.69, 9.17) is 0 Å². The summed E-state index contributed by atoms with van der Waals surface area (Å²) in [7, 11) is 0. The Labute approximate surface area is 157 Å². The summed E-state index contributed by atoms with van der Waals surface area (Å²) in [5, 5.41) is 0. The van der Waals surface area contributed by atoms with Gasteiger partial charge in [-0.3, -0.25) is 14.5 Å². The number of alkyl halides is 3. The molecule has 27 heavy (non-hydrogen) atoms. The van der Waals surface area contributed by atoms with Gasteiger partial charge in [-0.1, -0.05) is 12.1 Å². The van der Waals surface area contributed by atoms with Gasteiger partial charge in [0, 0.05) is 44.1 Å². The first-order chi connectivity index (χ1) is 12.8. The van der Waals surface area contributed by atoms with Crippen molar-refractivity contribution >= 4 is 11.7 Å². The van der Waals surface area contributed by atoms with E-state index in [1.165, 1.54) is 12.1 Å². The summed E-state index contributed by atoms with van der Waals surface area (Å²) in [5.41, 5.74) is -0.386. The maximum Gasteiger partial charge on any atom is 0.416 e. The number of benzene rings is 1. The SMILES string of the molecule is CC(=O)N1CCC(N2CCCC(C(=O)c3ccc(C(F)(F)F)cc3)C2)CC1. The fourth-order valence-electron chi connectivity index (χ4n) is 4.16. The number of ketones is 1. The normalized spacial score (nSPS) is 22.7. The number of hydrogen-bond donors (Lipinski definition) is 0. The third-order valence-electron chi connectivity index (χ3n) is 5.75. The Morgan fingerprint density at radius 1 is 1.00 bits per heavy atom. The molecular weight excluding hydrogens is 357 g/mol. The molecule has 148 valence electrons. The van der Waals surface area contributed by atoms with Crippen LogP contribution in [-0.4, -0.2) is 53.7 Å². The first-order valence-electron chi connectivity index (χ1n) is 9.46. The predicted molar refractivity (Wildman–Crippen MR) is 95.3 cm³/mol. The van der Waals surface area contributed by atoms with Crippen LogP contribution >= 0.6 is 0 Å². The van der Waals surface area contributed by atoms with Gasteiger partial charge in [-0.15, -0.1) is 0 Å². The summed E-state index contributed by atoms with van der Waals surface area (Å²) in [4.78, 5) is 28.4. The van der Waals surface area contributed by atoms with Crippen molar-refractivity contribution in [3.63, 3.8) is 0 Å². The van der Waals surface area contributed by atoms with Gasteiger partial charge in [0.15, 0.2) is 5.78 Å². The number of carbonyl (C=O) groups excluding carboxylic acids is 2. The fourth-order valence-corrected chi connectivity index (χ4v) is 4.16. The van der Waals surface area contributed by atoms with Crippen molar-refractivity contribution in [2.45, 2.75) is 44.8 Å². The zero-order chi connectivity index (χ0) is 19.6. The number of piperidine rings is 2. The van der Waals surface area contributed by atoms with Crippen molar-refractivity contribution < 1.29 is 22.8 Å². The number of carbonyl (C=O) groups is 2. The minimum Gasteiger partial charge on any atom is -0.343 e. The topological polar surface area (TPSA) is 40.6 Å². The Morgan fingerprint density at radius 2 is 1.63 bits per heavy atom. The Hall–Kier alpha value is -1.89. The number of halogens is 3. The molecule has 2 fully saturated rings. The molecule has 1 aromatic carbocycles. The molecule has 3 rings (SSSR count). The van der Waals surface area contributed by atoms with Crippen LogP contribution < -0.4 is 0 Å². The number of likely N-dealkylation sites (tertiary alicyclic amines) is 2. The van der Waals surface area contributed by atoms with E-state index in [1.54, 1.807) is 6.92 Å². The van der Waals surface area contributed by atoms with Crippen LogP contribution in [0.3, 0.4) is 0 Å². The van der Waals surface area contributed by atoms with Gasteiger partial charge >= 0.3 is 6.18 Å². The van der Waals surface area contributed by atoms with Gasteiger partial charge < -0.3 is 4.90 Å². The van der Waals surface area contributed by atoms with Crippen LogP contribution in [-0.2, 0) is 11.0 Å². The number of hydrogen-bond acceptors (Lipinski definition) is 3. The Bertz CT molecular complexity index is 679. The molecule has 0 N–H and O–H groups in total. The molecule has 1 amide bonds. The van der Waals surface area contributed by atoms with Gasteiger partial charge in [-0.05, 0) is 44.4 Å². The van der Waals surface area contributed by atoms with E-state index in [-0.39, 0.29) is 17.6 Å². The third-order valence-corrected chi connectivity index (χ3v) is 5.75. The standard InChI is InChI=1S/C20H25F3N2O2/c1-14(26)24-11-8-18(9-12-24)25-10-2-3-16(13-25)19(27)15-4-6-17(7-5-15)20(21,22)23/h4-7,16,18H,2-3,8-13H2,1H3. The highest BCUT2D eigenvalue weighted by molar-refractivity contribution is 5.98. The zero-order valence-corrected chi connectivity index (χ0v) is 15.5. The van der Waals surface area contributed by atoms with Gasteiger partial charge in [-0.2, -0.15) is 13.2 Å². The molecule has 2 aliphatic heterocycles. The molecule has 1 aromatic rings. The van der Waals surface area contributed by atoms with E-state index in [2.05, 4.69) is 4.90 Å². The summed E-state index contributed by atoms with van der Waals surface area (Å²) in [6.07, 6.45) is -0.911. The average molecular weight is 382 g/mol. The second-order valence-corrected chi connectivity index (χ2v) is 7.51. The lowest BCUT2D eigenvalue weighted by atomic mass is 9.88. The van der Waals surface area contributed by atoms with Crippen LogP contribution in [0.4, 0.5) is 13.2 Å². The maximum absolute atomic E-state index is 12.8. The summed E-state index contributed by atoms with van der Waals surface area (Å²) in [5.74, 6) is -0.154. The van der Waals surface area contributed by atoms with Crippen LogP contribution in [0.2, 0.25) is 0 Å². The first-order valence-corrected chi connectivity index (χ1v) is 9.46. The van der Waals surface area contributed by atoms with Crippen LogP contribution in [0, 0.1) is 5.92 Å². The van der Waals surface area contributed by atoms with Crippen LogP contribution in [0.25, 0.3) is 0 Å². The molecule has 7 heteroatoms. The monoisotopic (exact) mass is 382 g/mol. The molecule has 2 heterocycles. The van der Waals surface area contributed by atoms with E-state index in [1.807, 2.05) is 4.90 Å². The number of amides is 1. The summed E-state index contributed by atoms with van der Waals surface area (Å²) < 4.78 is 38.1. The molecule has 4 nitrogen and oxygen atoms in total. The molecule has 2 aliphatic rings. The predicted octanol–water partition coefficient (Wildman–Crippen LogP) is 3.61. The molecular formula is C20H25F3N2O2. The lowest BCUT2D eigenvalue weighted by molar-refractivity contribution is -0.137. The lowest BCUT2D eigenvalue weighted by Crippen LogP contribution is -2.50. The molecule has 0 spiro atoms. The fraction of sp³-hybridized carbons (Fsp3) is 0.600. The van der Waals surface area contributed by atoms with Crippen molar-refractivity contribution in [3.05, 3.63) is 35.4 Å². The molecule has 0 radical (unpaired) electrons. The summed E-state index contributed by atoms with van der Waals surface area (Å²) in [6.45, 7) is 4.65. The first kappa shape index (κ1) is 19.9. The largest absolute Gasteiger partial charge is 0.416 e. The molecule has 1 unspecified atom stereocenters. The van der Waals surface area contributed by atoms with Crippen molar-refractivity contribution in [2.24, 2.45) is 5.92 Å². The Kier molecular flexibility index (Phi) is 5.89. The quantitative estimate of drug-likeness (QED) is 0.750. The highest BCUT2D eigenvalue weighted by atomic mass is 19.4. The van der Waals surface area contributed by atoms with Crippen molar-refractivity contribution in [1.29, 1.82) is 0 Å². The van der Waals surface area contributed by atoms with Gasteiger partial charge in [0.25, 0.3) is 0 Å². The Morgan fingerprint density at radius 3 is 2.19 bits per heavy atom. The van der Waals surface area contributed by atoms with Gasteiger partial charge in [0.05, 0.1) is 5.56 Å². The summed E-state index contributed by atoms with van der Waals surface area (Å²) >= 11 is 0. The maximum atomic E-state index is 12.8. The molecule has 0 aromatic heterocycles. The molecule has 0 saturated carbocycles. The number of nitrogens with zero attached hydrogens (tertiary/aromatic N) is 2. The van der Waals surface area contributed by atoms with Crippen LogP contribution in [0.15, 0.2) is 24.3 Å². The Balaban J connectivity index is 1.61. The number of Topliss-reactive ketones (excluding diaryl/α,β-unsaturated/α-hetero) is 1. The lowest BCUT2D eigenvalue weighted by Gasteiger charge is -2.41. The number of rotatable bonds is 3. The zero-order valence-electron chi connectivity index (χ0n) is 15.5. The third kappa shape index (κ3) is 4.69. The van der Waals surface area contributed by atoms with E-state index in [0.29, 0.717) is 18.2 Å². The van der Waals surface area contributed by atoms with Crippen molar-refractivity contribution in [3.8, 4) is 0 Å². The molecule has 0 bridgehead atoms. The second kappa shape index (κ2) is 8.00. The average Bonchev–Trinajstić information content (AvgIpc) is 2.67. The molecule has 2 saturated heterocycles. The van der Waals surface area contributed by atoms with Gasteiger partial charge in [0.1, 0.15) is 0 Å².